The zero-order chi connectivity index (χ0) is 7.21. The van der Waals surface area contributed by atoms with E-state index in [4.69, 9.17) is 4.55 Å². The fourth-order valence-electron chi connectivity index (χ4n) is 0. The van der Waals surface area contributed by atoms with Crippen LogP contribution < -0.4 is 11.7 Å². The average molecular weight is 144 g/mol. The number of nitrogens with two attached hydrogens (primary N) is 2. The smallest absolute Gasteiger partial charge is 0.274 e. The first-order valence-electron chi connectivity index (χ1n) is 1.42. The molecule has 0 radical (unpaired) electrons. The molecule has 0 aromatic carbocycles. The van der Waals surface area contributed by atoms with Crippen molar-refractivity contribution in [1.29, 1.82) is 0 Å². The van der Waals surface area contributed by atoms with Gasteiger partial charge in [0.25, 0.3) is 0 Å². The first-order chi connectivity index (χ1) is 3.56. The van der Waals surface area contributed by atoms with Crippen molar-refractivity contribution in [2.75, 3.05) is 7.11 Å². The molecular weight excluding hydrogens is 136 g/mol. The summed E-state index contributed by atoms with van der Waals surface area (Å²) in [6.07, 6.45) is 0. The first kappa shape index (κ1) is 10.7. The highest BCUT2D eigenvalue weighted by molar-refractivity contribution is 7.80. The molecule has 52 valence electrons. The van der Waals surface area contributed by atoms with Gasteiger partial charge in [0, 0.05) is 0 Å². The van der Waals surface area contributed by atoms with Crippen molar-refractivity contribution >= 4 is 10.4 Å². The van der Waals surface area contributed by atoms with Crippen LogP contribution in [0.25, 0.3) is 0 Å². The lowest BCUT2D eigenvalue weighted by molar-refractivity contribution is 0.324. The fourth-order valence-corrected chi connectivity index (χ4v) is 0. The maximum absolute atomic E-state index is 9.33. The highest BCUT2D eigenvalue weighted by Gasteiger charge is 1.93. The lowest BCUT2D eigenvalue weighted by Gasteiger charge is -1.82. The van der Waals surface area contributed by atoms with Crippen molar-refractivity contribution in [2.45, 2.75) is 0 Å². The summed E-state index contributed by atoms with van der Waals surface area (Å²) in [4.78, 5) is 0. The second-order valence-corrected chi connectivity index (χ2v) is 1.78. The van der Waals surface area contributed by atoms with Gasteiger partial charge in [-0.3, -0.25) is 20.4 Å². The standard InChI is InChI=1S/CH4O4S.H4N2/c1-5-6(2,3)4;1-2/h1H3,(H,2,3,4);1-2H2. The number of hydrogen-bond donors (Lipinski definition) is 3. The van der Waals surface area contributed by atoms with Gasteiger partial charge >= 0.3 is 10.4 Å². The predicted octanol–water partition coefficient (Wildman–Crippen LogP) is -1.75. The predicted molar refractivity (Wildman–Crippen MR) is 26.9 cm³/mol. The molecule has 0 unspecified atom stereocenters. The van der Waals surface area contributed by atoms with E-state index < -0.39 is 10.4 Å². The SMILES string of the molecule is COS(=O)(=O)O.NN. The minimum atomic E-state index is -4.16. The van der Waals surface area contributed by atoms with Crippen LogP contribution in [0.3, 0.4) is 0 Å². The van der Waals surface area contributed by atoms with E-state index in [-0.39, 0.29) is 0 Å². The van der Waals surface area contributed by atoms with E-state index in [2.05, 4.69) is 15.9 Å². The molecule has 0 aliphatic rings. The summed E-state index contributed by atoms with van der Waals surface area (Å²) in [7, 11) is -3.29. The van der Waals surface area contributed by atoms with Gasteiger partial charge < -0.3 is 0 Å². The molecule has 0 aromatic rings. The number of hydrogen-bond acceptors (Lipinski definition) is 5. The summed E-state index contributed by atoms with van der Waals surface area (Å²) in [5.41, 5.74) is 0. The highest BCUT2D eigenvalue weighted by Crippen LogP contribution is 1.74. The van der Waals surface area contributed by atoms with Gasteiger partial charge in [-0.05, 0) is 0 Å². The maximum atomic E-state index is 9.33. The normalized spacial score (nSPS) is 9.50. The van der Waals surface area contributed by atoms with Gasteiger partial charge in [-0.1, -0.05) is 0 Å². The third-order valence-corrected chi connectivity index (χ3v) is 0.632. The van der Waals surface area contributed by atoms with Gasteiger partial charge in [0.05, 0.1) is 7.11 Å². The molecule has 0 amide bonds. The van der Waals surface area contributed by atoms with E-state index in [1.54, 1.807) is 0 Å². The molecule has 5 N–H and O–H groups in total. The lowest BCUT2D eigenvalue weighted by atomic mass is 11.8. The van der Waals surface area contributed by atoms with Crippen molar-refractivity contribution in [3.63, 3.8) is 0 Å². The van der Waals surface area contributed by atoms with E-state index in [0.29, 0.717) is 0 Å². The van der Waals surface area contributed by atoms with Gasteiger partial charge in [0.1, 0.15) is 0 Å². The van der Waals surface area contributed by atoms with E-state index in [9.17, 15) is 8.42 Å². The molecule has 0 rings (SSSR count). The van der Waals surface area contributed by atoms with Crippen LogP contribution >= 0.6 is 0 Å². The third-order valence-electron chi connectivity index (χ3n) is 0.211. The van der Waals surface area contributed by atoms with Crippen LogP contribution in [0.4, 0.5) is 0 Å². The molecule has 0 saturated heterocycles. The minimum Gasteiger partial charge on any atom is -0.274 e. The van der Waals surface area contributed by atoms with Crippen molar-refractivity contribution in [3.05, 3.63) is 0 Å². The Labute approximate surface area is 47.3 Å². The Kier molecular flexibility index (Phi) is 6.61. The molecule has 0 atom stereocenters. The molecule has 0 bridgehead atoms. The zero-order valence-corrected chi connectivity index (χ0v) is 5.05. The Bertz CT molecular complexity index is 116. The topological polar surface area (TPSA) is 116 Å². The molecule has 8 heavy (non-hydrogen) atoms. The van der Waals surface area contributed by atoms with Crippen LogP contribution in [0.1, 0.15) is 0 Å². The van der Waals surface area contributed by atoms with Crippen molar-refractivity contribution < 1.29 is 17.2 Å². The average Bonchev–Trinajstić information content (AvgIpc) is 1.71. The first-order valence-corrected chi connectivity index (χ1v) is 2.79. The van der Waals surface area contributed by atoms with Crippen LogP contribution in [0.5, 0.6) is 0 Å². The molecular formula is CH8N2O4S. The van der Waals surface area contributed by atoms with Gasteiger partial charge in [-0.15, -0.1) is 0 Å². The van der Waals surface area contributed by atoms with Crippen LogP contribution in [0.15, 0.2) is 0 Å². The molecule has 0 heterocycles. The van der Waals surface area contributed by atoms with Crippen LogP contribution in [-0.4, -0.2) is 20.1 Å². The van der Waals surface area contributed by atoms with Crippen LogP contribution in [0.2, 0.25) is 0 Å². The second kappa shape index (κ2) is 4.94. The summed E-state index contributed by atoms with van der Waals surface area (Å²) in [5.74, 6) is 8.00. The number of hydrazine groups is 1. The lowest BCUT2D eigenvalue weighted by Crippen LogP contribution is -2.02. The van der Waals surface area contributed by atoms with Crippen molar-refractivity contribution in [2.24, 2.45) is 11.7 Å². The molecule has 7 heteroatoms. The van der Waals surface area contributed by atoms with Gasteiger partial charge in [-0.25, -0.2) is 0 Å². The Hall–Kier alpha value is -0.210. The monoisotopic (exact) mass is 144 g/mol. The van der Waals surface area contributed by atoms with Gasteiger partial charge in [0.15, 0.2) is 0 Å². The Morgan fingerprint density at radius 2 is 1.62 bits per heavy atom. The molecule has 0 fully saturated rings. The summed E-state index contributed by atoms with van der Waals surface area (Å²) in [5, 5.41) is 0. The summed E-state index contributed by atoms with van der Waals surface area (Å²) in [6, 6.07) is 0. The van der Waals surface area contributed by atoms with Crippen molar-refractivity contribution in [3.8, 4) is 0 Å². The molecule has 0 aliphatic carbocycles. The highest BCUT2D eigenvalue weighted by atomic mass is 32.3. The minimum absolute atomic E-state index is 0.870. The molecule has 0 aliphatic heterocycles. The second-order valence-electron chi connectivity index (χ2n) is 0.594. The fraction of sp³-hybridized carbons (Fsp3) is 1.00. The van der Waals surface area contributed by atoms with Crippen molar-refractivity contribution in [1.82, 2.24) is 0 Å². The van der Waals surface area contributed by atoms with Gasteiger partial charge in [-0.2, -0.15) is 8.42 Å². The van der Waals surface area contributed by atoms with Gasteiger partial charge in [0.2, 0.25) is 0 Å². The Balaban J connectivity index is 0. The number of rotatable bonds is 1. The van der Waals surface area contributed by atoms with E-state index >= 15 is 0 Å². The van der Waals surface area contributed by atoms with E-state index in [1.165, 1.54) is 0 Å². The molecule has 0 saturated carbocycles. The molecule has 0 aromatic heterocycles. The molecule has 0 spiro atoms. The van der Waals surface area contributed by atoms with Crippen LogP contribution in [-0.2, 0) is 14.6 Å². The van der Waals surface area contributed by atoms with Crippen LogP contribution in [0, 0.1) is 0 Å². The zero-order valence-electron chi connectivity index (χ0n) is 4.23. The third kappa shape index (κ3) is 17.1. The maximum Gasteiger partial charge on any atom is 0.397 e. The largest absolute Gasteiger partial charge is 0.397 e. The summed E-state index contributed by atoms with van der Waals surface area (Å²) in [6.45, 7) is 0. The van der Waals surface area contributed by atoms with E-state index in [1.807, 2.05) is 0 Å². The quantitative estimate of drug-likeness (QED) is 0.228. The Morgan fingerprint density at radius 1 is 1.50 bits per heavy atom. The summed E-state index contributed by atoms with van der Waals surface area (Å²) < 4.78 is 29.7. The molecule has 6 nitrogen and oxygen atoms in total. The summed E-state index contributed by atoms with van der Waals surface area (Å²) >= 11 is 0. The Morgan fingerprint density at radius 3 is 1.62 bits per heavy atom. The van der Waals surface area contributed by atoms with E-state index in [0.717, 1.165) is 7.11 Å².